The van der Waals surface area contributed by atoms with Crippen LogP contribution in [-0.4, -0.2) is 23.8 Å². The van der Waals surface area contributed by atoms with Crippen LogP contribution in [0.3, 0.4) is 0 Å². The SMILES string of the molecule is CN1C(=O)c2c(c(-c3cc4sc(Br)cc4s3)c(Cl)c(Cl)c2-c2cc3sc(Br)cc3s2)C1=O. The number of fused-ring (bicyclic) bond motifs is 3. The van der Waals surface area contributed by atoms with E-state index in [1.165, 1.54) is 29.7 Å². The number of rotatable bonds is 2. The molecule has 5 heterocycles. The molecule has 6 rings (SSSR count). The highest BCUT2D eigenvalue weighted by Crippen LogP contribution is 2.53. The van der Waals surface area contributed by atoms with Crippen molar-refractivity contribution in [3.63, 3.8) is 0 Å². The number of thiophene rings is 4. The summed E-state index contributed by atoms with van der Waals surface area (Å²) in [6.07, 6.45) is 0. The summed E-state index contributed by atoms with van der Waals surface area (Å²) in [7, 11) is 1.49. The molecule has 4 aromatic heterocycles. The van der Waals surface area contributed by atoms with Crippen LogP contribution in [0.15, 0.2) is 31.8 Å². The third-order valence-corrected chi connectivity index (χ3v) is 11.7. The number of imide groups is 1. The Hall–Kier alpha value is -0.780. The zero-order valence-electron chi connectivity index (χ0n) is 15.7. The van der Waals surface area contributed by atoms with Gasteiger partial charge in [0, 0.05) is 46.7 Å². The van der Waals surface area contributed by atoms with Crippen molar-refractivity contribution in [2.24, 2.45) is 0 Å². The van der Waals surface area contributed by atoms with E-state index in [-0.39, 0.29) is 11.8 Å². The Labute approximate surface area is 224 Å². The van der Waals surface area contributed by atoms with Gasteiger partial charge in [0.1, 0.15) is 0 Å². The Morgan fingerprint density at radius 3 is 1.41 bits per heavy atom. The van der Waals surface area contributed by atoms with Gasteiger partial charge in [-0.15, -0.1) is 45.3 Å². The number of amides is 2. The molecule has 1 aromatic carbocycles. The van der Waals surface area contributed by atoms with Crippen molar-refractivity contribution in [2.45, 2.75) is 0 Å². The molecule has 0 saturated carbocycles. The topological polar surface area (TPSA) is 37.4 Å². The molecule has 11 heteroatoms. The van der Waals surface area contributed by atoms with Crippen LogP contribution < -0.4 is 0 Å². The maximum atomic E-state index is 13.2. The number of nitrogens with zero attached hydrogens (tertiary/aromatic N) is 1. The van der Waals surface area contributed by atoms with Crippen molar-refractivity contribution in [1.29, 1.82) is 0 Å². The predicted molar refractivity (Wildman–Crippen MR) is 146 cm³/mol. The largest absolute Gasteiger partial charge is 0.277 e. The van der Waals surface area contributed by atoms with Gasteiger partial charge in [-0.05, 0) is 56.1 Å². The van der Waals surface area contributed by atoms with Gasteiger partial charge in [0.2, 0.25) is 0 Å². The highest BCUT2D eigenvalue weighted by molar-refractivity contribution is 9.11. The van der Waals surface area contributed by atoms with E-state index in [2.05, 4.69) is 31.9 Å². The molecule has 0 atom stereocenters. The van der Waals surface area contributed by atoms with Crippen molar-refractivity contribution >= 4 is 131 Å². The Bertz CT molecular complexity index is 1460. The molecule has 0 saturated heterocycles. The number of carbonyl (C=O) groups is 2. The molecule has 5 aromatic rings. The van der Waals surface area contributed by atoms with Crippen LogP contribution in [0.5, 0.6) is 0 Å². The normalized spacial score (nSPS) is 13.8. The molecule has 160 valence electrons. The van der Waals surface area contributed by atoms with E-state index in [4.69, 9.17) is 23.2 Å². The second-order valence-electron chi connectivity index (χ2n) is 7.08. The lowest BCUT2D eigenvalue weighted by molar-refractivity contribution is 0.0693. The Kier molecular flexibility index (Phi) is 5.17. The first-order valence-electron chi connectivity index (χ1n) is 9.00. The fraction of sp³-hybridized carbons (Fsp3) is 0.0476. The average Bonchev–Trinajstić information content (AvgIpc) is 3.49. The van der Waals surface area contributed by atoms with Crippen LogP contribution in [0, 0.1) is 0 Å². The molecule has 0 N–H and O–H groups in total. The zero-order chi connectivity index (χ0) is 22.5. The molecular weight excluding hydrogens is 657 g/mol. The van der Waals surface area contributed by atoms with Gasteiger partial charge in [0.15, 0.2) is 0 Å². The highest BCUT2D eigenvalue weighted by atomic mass is 79.9. The molecule has 32 heavy (non-hydrogen) atoms. The van der Waals surface area contributed by atoms with E-state index in [0.29, 0.717) is 32.3 Å². The van der Waals surface area contributed by atoms with Gasteiger partial charge in [0.05, 0.1) is 28.7 Å². The first-order valence-corrected chi connectivity index (χ1v) is 14.6. The molecular formula is C21H7Br2Cl2NO2S4. The molecule has 1 aliphatic heterocycles. The lowest BCUT2D eigenvalue weighted by Crippen LogP contribution is -2.24. The van der Waals surface area contributed by atoms with Crippen LogP contribution in [-0.2, 0) is 0 Å². The average molecular weight is 664 g/mol. The van der Waals surface area contributed by atoms with Crippen LogP contribution in [0.2, 0.25) is 10.0 Å². The number of carbonyl (C=O) groups excluding carboxylic acids is 2. The van der Waals surface area contributed by atoms with E-state index in [1.807, 2.05) is 24.3 Å². The summed E-state index contributed by atoms with van der Waals surface area (Å²) in [5, 5.41) is 0.588. The van der Waals surface area contributed by atoms with Crippen LogP contribution >= 0.6 is 100 Å². The van der Waals surface area contributed by atoms with E-state index < -0.39 is 0 Å². The van der Waals surface area contributed by atoms with Crippen molar-refractivity contribution in [3.8, 4) is 20.9 Å². The predicted octanol–water partition coefficient (Wildman–Crippen LogP) is 9.63. The molecule has 0 fully saturated rings. The first-order chi connectivity index (χ1) is 15.2. The fourth-order valence-electron chi connectivity index (χ4n) is 3.87. The van der Waals surface area contributed by atoms with Gasteiger partial charge in [-0.3, -0.25) is 14.5 Å². The van der Waals surface area contributed by atoms with Gasteiger partial charge in [0.25, 0.3) is 11.8 Å². The van der Waals surface area contributed by atoms with Crippen LogP contribution in [0.25, 0.3) is 39.7 Å². The summed E-state index contributed by atoms with van der Waals surface area (Å²) < 4.78 is 6.38. The van der Waals surface area contributed by atoms with Crippen molar-refractivity contribution in [3.05, 3.63) is 53.0 Å². The molecule has 3 nitrogen and oxygen atoms in total. The van der Waals surface area contributed by atoms with E-state index >= 15 is 0 Å². The van der Waals surface area contributed by atoms with Gasteiger partial charge in [-0.25, -0.2) is 0 Å². The smallest absolute Gasteiger partial charge is 0.262 e. The summed E-state index contributed by atoms with van der Waals surface area (Å²) in [6, 6.07) is 8.07. The molecule has 0 radical (unpaired) electrons. The maximum absolute atomic E-state index is 13.2. The lowest BCUT2D eigenvalue weighted by atomic mass is 9.95. The number of benzene rings is 1. The van der Waals surface area contributed by atoms with E-state index in [1.54, 1.807) is 22.7 Å². The van der Waals surface area contributed by atoms with Gasteiger partial charge in [-0.2, -0.15) is 0 Å². The quantitative estimate of drug-likeness (QED) is 0.176. The fourth-order valence-corrected chi connectivity index (χ4v) is 10.7. The van der Waals surface area contributed by atoms with Crippen molar-refractivity contribution < 1.29 is 9.59 Å². The van der Waals surface area contributed by atoms with Crippen LogP contribution in [0.1, 0.15) is 20.7 Å². The number of hydrogen-bond acceptors (Lipinski definition) is 6. The summed E-state index contributed by atoms with van der Waals surface area (Å²) in [5.74, 6) is -0.724. The third-order valence-electron chi connectivity index (χ3n) is 5.27. The van der Waals surface area contributed by atoms with E-state index in [9.17, 15) is 9.59 Å². The minimum absolute atomic E-state index is 0.294. The van der Waals surface area contributed by atoms with Crippen molar-refractivity contribution in [1.82, 2.24) is 4.90 Å². The monoisotopic (exact) mass is 661 g/mol. The maximum Gasteiger partial charge on any atom is 0.262 e. The Morgan fingerprint density at radius 1 is 0.656 bits per heavy atom. The standard InChI is InChI=1S/C21H7Br2Cl2NO2S4/c1-26-20(27)16-14(10-2-6-8(29-10)4-12(22)31-6)18(24)19(25)15(17(16)21(26)28)11-3-7-9(30-11)5-13(23)32-7/h2-5H,1H3. The molecule has 0 bridgehead atoms. The minimum atomic E-state index is -0.362. The minimum Gasteiger partial charge on any atom is -0.277 e. The zero-order valence-corrected chi connectivity index (χ0v) is 23.7. The van der Waals surface area contributed by atoms with Gasteiger partial charge in [-0.1, -0.05) is 23.2 Å². The number of halogens is 4. The second kappa shape index (κ2) is 7.61. The molecule has 1 aliphatic rings. The van der Waals surface area contributed by atoms with Gasteiger partial charge >= 0.3 is 0 Å². The summed E-state index contributed by atoms with van der Waals surface area (Å²) in [5.41, 5.74) is 1.72. The Balaban J connectivity index is 1.68. The summed E-state index contributed by atoms with van der Waals surface area (Å²) in [6.45, 7) is 0. The third kappa shape index (κ3) is 3.06. The highest BCUT2D eigenvalue weighted by Gasteiger charge is 2.41. The Morgan fingerprint density at radius 2 is 1.03 bits per heavy atom. The van der Waals surface area contributed by atoms with E-state index in [0.717, 1.165) is 41.0 Å². The second-order valence-corrected chi connectivity index (χ2v) is 14.9. The lowest BCUT2D eigenvalue weighted by Gasteiger charge is -2.14. The number of hydrogen-bond donors (Lipinski definition) is 0. The molecule has 0 aliphatic carbocycles. The first kappa shape index (κ1) is 21.7. The van der Waals surface area contributed by atoms with Crippen LogP contribution in [0.4, 0.5) is 0 Å². The van der Waals surface area contributed by atoms with Gasteiger partial charge < -0.3 is 0 Å². The summed E-state index contributed by atoms with van der Waals surface area (Å²) in [4.78, 5) is 29.2. The molecule has 0 unspecified atom stereocenters. The van der Waals surface area contributed by atoms with Crippen molar-refractivity contribution in [2.75, 3.05) is 7.05 Å². The summed E-state index contributed by atoms with van der Waals surface area (Å²) >= 11 is 27.0. The molecule has 0 spiro atoms. The molecule has 2 amide bonds.